The maximum absolute atomic E-state index is 4.90. The highest BCUT2D eigenvalue weighted by Gasteiger charge is 2.14. The number of rotatable bonds is 4. The third kappa shape index (κ3) is 3.74. The van der Waals surface area contributed by atoms with E-state index in [1.165, 1.54) is 10.8 Å². The first-order valence-corrected chi connectivity index (χ1v) is 12.1. The second kappa shape index (κ2) is 8.81. The topological polar surface area (TPSA) is 56.5 Å². The standard InChI is InChI=1S/C32H21N5/c1-2-10-22(11-3-1)28-18-23(19-29(36-28)27-14-8-9-17-33-27)32-34-20-24(21-35-32)37-30-15-6-4-12-25(30)26-13-5-7-16-31(26)37/h1-21H. The van der Waals surface area contributed by atoms with Crippen LogP contribution in [0.15, 0.2) is 128 Å². The molecular weight excluding hydrogens is 454 g/mol. The Balaban J connectivity index is 1.37. The van der Waals surface area contributed by atoms with Crippen LogP contribution in [0.25, 0.3) is 61.5 Å². The Bertz CT molecular complexity index is 1750. The van der Waals surface area contributed by atoms with Gasteiger partial charge in [0.25, 0.3) is 0 Å². The lowest BCUT2D eigenvalue weighted by molar-refractivity contribution is 1.08. The summed E-state index contributed by atoms with van der Waals surface area (Å²) in [4.78, 5) is 19.0. The van der Waals surface area contributed by atoms with Gasteiger partial charge in [-0.15, -0.1) is 0 Å². The van der Waals surface area contributed by atoms with Crippen molar-refractivity contribution in [2.75, 3.05) is 0 Å². The molecule has 7 rings (SSSR count). The molecule has 0 N–H and O–H groups in total. The smallest absolute Gasteiger partial charge is 0.159 e. The van der Waals surface area contributed by atoms with Crippen LogP contribution >= 0.6 is 0 Å². The predicted octanol–water partition coefficient (Wildman–Crippen LogP) is 7.36. The summed E-state index contributed by atoms with van der Waals surface area (Å²) >= 11 is 0. The minimum absolute atomic E-state index is 0.640. The SMILES string of the molecule is c1ccc(-c2cc(-c3ncc(-n4c5ccccc5c5ccccc54)cn3)cc(-c3ccccn3)n2)cc1. The van der Waals surface area contributed by atoms with Crippen molar-refractivity contribution in [3.8, 4) is 39.7 Å². The van der Waals surface area contributed by atoms with Crippen LogP contribution in [0.4, 0.5) is 0 Å². The maximum Gasteiger partial charge on any atom is 0.159 e. The van der Waals surface area contributed by atoms with E-state index < -0.39 is 0 Å². The number of hydrogen-bond donors (Lipinski definition) is 0. The Morgan fingerprint density at radius 1 is 0.486 bits per heavy atom. The highest BCUT2D eigenvalue weighted by atomic mass is 15.0. The number of aromatic nitrogens is 5. The summed E-state index contributed by atoms with van der Waals surface area (Å²) in [5, 5.41) is 2.42. The lowest BCUT2D eigenvalue weighted by Crippen LogP contribution is -1.99. The molecule has 0 spiro atoms. The predicted molar refractivity (Wildman–Crippen MR) is 148 cm³/mol. The molecule has 0 aliphatic rings. The first kappa shape index (κ1) is 21.1. The Hall–Kier alpha value is -5.16. The van der Waals surface area contributed by atoms with Crippen LogP contribution < -0.4 is 0 Å². The van der Waals surface area contributed by atoms with E-state index in [0.29, 0.717) is 5.82 Å². The molecule has 0 aliphatic carbocycles. The van der Waals surface area contributed by atoms with Gasteiger partial charge in [-0.05, 0) is 36.4 Å². The quantitative estimate of drug-likeness (QED) is 0.267. The average Bonchev–Trinajstić information content (AvgIpc) is 3.32. The molecule has 5 nitrogen and oxygen atoms in total. The van der Waals surface area contributed by atoms with Crippen LogP contribution in [-0.2, 0) is 0 Å². The summed E-state index contributed by atoms with van der Waals surface area (Å²) in [7, 11) is 0. The molecule has 4 aromatic heterocycles. The fourth-order valence-corrected chi connectivity index (χ4v) is 4.85. The summed E-state index contributed by atoms with van der Waals surface area (Å²) in [5.74, 6) is 0.640. The Kier molecular flexibility index (Phi) is 5.03. The molecular formula is C32H21N5. The molecule has 0 unspecified atom stereocenters. The van der Waals surface area contributed by atoms with Gasteiger partial charge in [-0.25, -0.2) is 15.0 Å². The van der Waals surface area contributed by atoms with Crippen LogP contribution in [0, 0.1) is 0 Å². The first-order chi connectivity index (χ1) is 18.3. The summed E-state index contributed by atoms with van der Waals surface area (Å²) in [6, 6.07) is 36.9. The summed E-state index contributed by atoms with van der Waals surface area (Å²) < 4.78 is 2.22. The Morgan fingerprint density at radius 2 is 1.11 bits per heavy atom. The largest absolute Gasteiger partial charge is 0.306 e. The molecule has 174 valence electrons. The van der Waals surface area contributed by atoms with Gasteiger partial charge in [-0.3, -0.25) is 4.98 Å². The molecule has 0 fully saturated rings. The van der Waals surface area contributed by atoms with Crippen molar-refractivity contribution in [1.29, 1.82) is 0 Å². The van der Waals surface area contributed by atoms with Gasteiger partial charge in [0.2, 0.25) is 0 Å². The van der Waals surface area contributed by atoms with Crippen LogP contribution in [0.3, 0.4) is 0 Å². The van der Waals surface area contributed by atoms with Gasteiger partial charge in [0.15, 0.2) is 5.82 Å². The van der Waals surface area contributed by atoms with Crippen LogP contribution in [0.2, 0.25) is 0 Å². The molecule has 0 aliphatic heterocycles. The van der Waals surface area contributed by atoms with E-state index in [-0.39, 0.29) is 0 Å². The van der Waals surface area contributed by atoms with E-state index >= 15 is 0 Å². The van der Waals surface area contributed by atoms with E-state index in [9.17, 15) is 0 Å². The minimum Gasteiger partial charge on any atom is -0.306 e. The molecule has 0 radical (unpaired) electrons. The van der Waals surface area contributed by atoms with E-state index in [4.69, 9.17) is 15.0 Å². The molecule has 0 atom stereocenters. The van der Waals surface area contributed by atoms with E-state index in [1.54, 1.807) is 6.20 Å². The maximum atomic E-state index is 4.90. The Morgan fingerprint density at radius 3 is 1.78 bits per heavy atom. The second-order valence-corrected chi connectivity index (χ2v) is 8.84. The summed E-state index contributed by atoms with van der Waals surface area (Å²) in [6.45, 7) is 0. The van der Waals surface area contributed by atoms with Gasteiger partial charge >= 0.3 is 0 Å². The highest BCUT2D eigenvalue weighted by Crippen LogP contribution is 2.32. The van der Waals surface area contributed by atoms with Gasteiger partial charge in [0.1, 0.15) is 0 Å². The molecule has 0 amide bonds. The fourth-order valence-electron chi connectivity index (χ4n) is 4.85. The zero-order valence-corrected chi connectivity index (χ0v) is 19.9. The number of para-hydroxylation sites is 2. The number of fused-ring (bicyclic) bond motifs is 3. The van der Waals surface area contributed by atoms with E-state index in [0.717, 1.165) is 44.9 Å². The molecule has 7 aromatic rings. The average molecular weight is 476 g/mol. The number of benzene rings is 3. The van der Waals surface area contributed by atoms with Crippen LogP contribution in [-0.4, -0.2) is 24.5 Å². The molecule has 5 heteroatoms. The van der Waals surface area contributed by atoms with Crippen molar-refractivity contribution < 1.29 is 0 Å². The van der Waals surface area contributed by atoms with Gasteiger partial charge in [-0.2, -0.15) is 0 Å². The lowest BCUT2D eigenvalue weighted by Gasteiger charge is -2.10. The van der Waals surface area contributed by atoms with Gasteiger partial charge in [-0.1, -0.05) is 72.8 Å². The number of pyridine rings is 2. The first-order valence-electron chi connectivity index (χ1n) is 12.1. The van der Waals surface area contributed by atoms with Gasteiger partial charge in [0, 0.05) is 28.1 Å². The molecule has 0 saturated carbocycles. The highest BCUT2D eigenvalue weighted by molar-refractivity contribution is 6.09. The molecule has 3 aromatic carbocycles. The fraction of sp³-hybridized carbons (Fsp3) is 0. The second-order valence-electron chi connectivity index (χ2n) is 8.84. The van der Waals surface area contributed by atoms with Gasteiger partial charge in [0.05, 0.1) is 46.2 Å². The van der Waals surface area contributed by atoms with Crippen molar-refractivity contribution in [3.05, 3.63) is 128 Å². The van der Waals surface area contributed by atoms with Crippen molar-refractivity contribution in [2.45, 2.75) is 0 Å². The number of hydrogen-bond acceptors (Lipinski definition) is 4. The van der Waals surface area contributed by atoms with Crippen molar-refractivity contribution in [1.82, 2.24) is 24.5 Å². The Labute approximate surface area is 213 Å². The van der Waals surface area contributed by atoms with Crippen LogP contribution in [0.1, 0.15) is 0 Å². The molecule has 4 heterocycles. The summed E-state index contributed by atoms with van der Waals surface area (Å²) in [5.41, 5.74) is 7.56. The zero-order valence-electron chi connectivity index (χ0n) is 19.9. The van der Waals surface area contributed by atoms with Crippen molar-refractivity contribution in [3.63, 3.8) is 0 Å². The third-order valence-electron chi connectivity index (χ3n) is 6.56. The molecule has 0 saturated heterocycles. The van der Waals surface area contributed by atoms with Crippen molar-refractivity contribution >= 4 is 21.8 Å². The van der Waals surface area contributed by atoms with Gasteiger partial charge < -0.3 is 4.57 Å². The summed E-state index contributed by atoms with van der Waals surface area (Å²) in [6.07, 6.45) is 5.57. The lowest BCUT2D eigenvalue weighted by atomic mass is 10.1. The van der Waals surface area contributed by atoms with Crippen LogP contribution in [0.5, 0.6) is 0 Å². The van der Waals surface area contributed by atoms with E-state index in [1.807, 2.05) is 60.9 Å². The third-order valence-corrected chi connectivity index (χ3v) is 6.56. The minimum atomic E-state index is 0.640. The van der Waals surface area contributed by atoms with E-state index in [2.05, 4.69) is 70.2 Å². The monoisotopic (exact) mass is 475 g/mol. The molecule has 37 heavy (non-hydrogen) atoms. The molecule has 0 bridgehead atoms. The van der Waals surface area contributed by atoms with Crippen molar-refractivity contribution in [2.24, 2.45) is 0 Å². The number of nitrogens with zero attached hydrogens (tertiary/aromatic N) is 5. The zero-order chi connectivity index (χ0) is 24.6. The normalized spacial score (nSPS) is 11.2.